The van der Waals surface area contributed by atoms with Crippen LogP contribution in [-0.4, -0.2) is 19.7 Å². The van der Waals surface area contributed by atoms with Crippen molar-refractivity contribution in [1.29, 1.82) is 0 Å². The van der Waals surface area contributed by atoms with Crippen LogP contribution in [0.5, 0.6) is 0 Å². The number of rotatable bonds is 3. The molecule has 3 heterocycles. The van der Waals surface area contributed by atoms with E-state index in [2.05, 4.69) is 15.2 Å². The van der Waals surface area contributed by atoms with Crippen molar-refractivity contribution in [3.8, 4) is 5.00 Å². The maximum atomic E-state index is 10.9. The number of nitrogens with one attached hydrogen (secondary N) is 1. The fourth-order valence-corrected chi connectivity index (χ4v) is 2.44. The summed E-state index contributed by atoms with van der Waals surface area (Å²) in [6.45, 7) is 0. The van der Waals surface area contributed by atoms with Gasteiger partial charge in [-0.3, -0.25) is 9.36 Å². The molecule has 0 saturated carbocycles. The SMILES string of the molecule is O=c1ccc(/C=C/c2ccc(-n3ccnc3)s2)n[nH]1. The highest BCUT2D eigenvalue weighted by Crippen LogP contribution is 2.22. The van der Waals surface area contributed by atoms with Crippen LogP contribution in [0.2, 0.25) is 0 Å². The van der Waals surface area contributed by atoms with Crippen molar-refractivity contribution in [1.82, 2.24) is 19.7 Å². The van der Waals surface area contributed by atoms with Gasteiger partial charge in [-0.1, -0.05) is 0 Å². The predicted octanol–water partition coefficient (Wildman–Crippen LogP) is 2.19. The number of hydrogen-bond acceptors (Lipinski definition) is 4. The molecule has 3 aromatic heterocycles. The van der Waals surface area contributed by atoms with Gasteiger partial charge in [0.2, 0.25) is 0 Å². The van der Waals surface area contributed by atoms with E-state index < -0.39 is 0 Å². The molecule has 0 bridgehead atoms. The van der Waals surface area contributed by atoms with E-state index in [9.17, 15) is 4.79 Å². The first-order valence-electron chi connectivity index (χ1n) is 5.63. The molecule has 6 heteroatoms. The summed E-state index contributed by atoms with van der Waals surface area (Å²) in [6, 6.07) is 7.20. The minimum atomic E-state index is -0.198. The van der Waals surface area contributed by atoms with E-state index in [0.29, 0.717) is 0 Å². The number of aromatic amines is 1. The fourth-order valence-electron chi connectivity index (χ4n) is 1.58. The van der Waals surface area contributed by atoms with Gasteiger partial charge in [-0.05, 0) is 30.4 Å². The lowest BCUT2D eigenvalue weighted by molar-refractivity contribution is 0.977. The zero-order valence-corrected chi connectivity index (χ0v) is 10.7. The number of imidazole rings is 1. The summed E-state index contributed by atoms with van der Waals surface area (Å²) in [5.41, 5.74) is 0.521. The average Bonchev–Trinajstić information content (AvgIpc) is 3.09. The topological polar surface area (TPSA) is 63.6 Å². The van der Waals surface area contributed by atoms with E-state index >= 15 is 0 Å². The van der Waals surface area contributed by atoms with Crippen LogP contribution in [0.15, 0.2) is 47.8 Å². The van der Waals surface area contributed by atoms with E-state index in [1.165, 1.54) is 6.07 Å². The van der Waals surface area contributed by atoms with Gasteiger partial charge in [-0.25, -0.2) is 10.1 Å². The van der Waals surface area contributed by atoms with Crippen LogP contribution >= 0.6 is 11.3 Å². The largest absolute Gasteiger partial charge is 0.298 e. The summed E-state index contributed by atoms with van der Waals surface area (Å²) in [6.07, 6.45) is 9.25. The van der Waals surface area contributed by atoms with Crippen LogP contribution in [0.1, 0.15) is 10.6 Å². The molecule has 3 aromatic rings. The lowest BCUT2D eigenvalue weighted by Gasteiger charge is -1.93. The average molecular weight is 270 g/mol. The molecular weight excluding hydrogens is 260 g/mol. The Kier molecular flexibility index (Phi) is 3.07. The maximum absolute atomic E-state index is 10.9. The van der Waals surface area contributed by atoms with Crippen molar-refractivity contribution >= 4 is 23.5 Å². The molecule has 0 unspecified atom stereocenters. The second-order valence-electron chi connectivity index (χ2n) is 3.83. The van der Waals surface area contributed by atoms with Crippen LogP contribution in [0.4, 0.5) is 0 Å². The van der Waals surface area contributed by atoms with Gasteiger partial charge in [0.1, 0.15) is 5.00 Å². The van der Waals surface area contributed by atoms with Gasteiger partial charge in [0.05, 0.1) is 12.0 Å². The molecule has 0 fully saturated rings. The van der Waals surface area contributed by atoms with Gasteiger partial charge in [0.15, 0.2) is 0 Å². The molecule has 0 saturated heterocycles. The van der Waals surface area contributed by atoms with Gasteiger partial charge in [0, 0.05) is 23.3 Å². The first kappa shape index (κ1) is 11.6. The molecule has 0 aliphatic heterocycles. The molecule has 0 radical (unpaired) electrons. The summed E-state index contributed by atoms with van der Waals surface area (Å²) in [5.74, 6) is 0. The van der Waals surface area contributed by atoms with E-state index in [4.69, 9.17) is 0 Å². The third kappa shape index (κ3) is 2.69. The Morgan fingerprint density at radius 3 is 2.89 bits per heavy atom. The van der Waals surface area contributed by atoms with Gasteiger partial charge in [-0.2, -0.15) is 5.10 Å². The van der Waals surface area contributed by atoms with Gasteiger partial charge in [-0.15, -0.1) is 11.3 Å². The molecule has 0 atom stereocenters. The summed E-state index contributed by atoms with van der Waals surface area (Å²) in [5, 5.41) is 7.42. The van der Waals surface area contributed by atoms with E-state index in [1.54, 1.807) is 29.9 Å². The summed E-state index contributed by atoms with van der Waals surface area (Å²) < 4.78 is 1.96. The number of aromatic nitrogens is 4. The molecule has 0 amide bonds. The van der Waals surface area contributed by atoms with Crippen molar-refractivity contribution < 1.29 is 0 Å². The Morgan fingerprint density at radius 2 is 2.16 bits per heavy atom. The maximum Gasteiger partial charge on any atom is 0.264 e. The van der Waals surface area contributed by atoms with E-state index in [0.717, 1.165) is 15.6 Å². The molecule has 0 aliphatic rings. The third-order valence-electron chi connectivity index (χ3n) is 2.49. The molecular formula is C13H10N4OS. The Morgan fingerprint density at radius 1 is 1.21 bits per heavy atom. The number of hydrogen-bond donors (Lipinski definition) is 1. The van der Waals surface area contributed by atoms with Crippen LogP contribution in [0.25, 0.3) is 17.2 Å². The van der Waals surface area contributed by atoms with Crippen molar-refractivity contribution in [3.05, 3.63) is 63.9 Å². The van der Waals surface area contributed by atoms with Gasteiger partial charge in [0.25, 0.3) is 5.56 Å². The molecule has 0 aliphatic carbocycles. The predicted molar refractivity (Wildman–Crippen MR) is 75.2 cm³/mol. The zero-order valence-electron chi connectivity index (χ0n) is 9.85. The molecule has 1 N–H and O–H groups in total. The monoisotopic (exact) mass is 270 g/mol. The Hall–Kier alpha value is -2.47. The van der Waals surface area contributed by atoms with Crippen LogP contribution in [0, 0.1) is 0 Å². The highest BCUT2D eigenvalue weighted by atomic mass is 32.1. The van der Waals surface area contributed by atoms with E-state index in [-0.39, 0.29) is 5.56 Å². The molecule has 0 spiro atoms. The minimum Gasteiger partial charge on any atom is -0.298 e. The summed E-state index contributed by atoms with van der Waals surface area (Å²) in [4.78, 5) is 16.0. The van der Waals surface area contributed by atoms with Crippen molar-refractivity contribution in [2.24, 2.45) is 0 Å². The smallest absolute Gasteiger partial charge is 0.264 e. The second kappa shape index (κ2) is 5.03. The normalized spacial score (nSPS) is 11.2. The van der Waals surface area contributed by atoms with Crippen molar-refractivity contribution in [3.63, 3.8) is 0 Å². The lowest BCUT2D eigenvalue weighted by atomic mass is 10.3. The summed E-state index contributed by atoms with van der Waals surface area (Å²) in [7, 11) is 0. The molecule has 5 nitrogen and oxygen atoms in total. The standard InChI is InChI=1S/C13H10N4OS/c18-12-5-2-10(15-16-12)1-3-11-4-6-13(19-11)17-8-7-14-9-17/h1-9H,(H,16,18)/b3-1+. The quantitative estimate of drug-likeness (QED) is 0.793. The number of nitrogens with zero attached hydrogens (tertiary/aromatic N) is 3. The Bertz CT molecular complexity index is 735. The van der Waals surface area contributed by atoms with Gasteiger partial charge >= 0.3 is 0 Å². The number of thiophene rings is 1. The zero-order chi connectivity index (χ0) is 13.1. The van der Waals surface area contributed by atoms with Crippen molar-refractivity contribution in [2.45, 2.75) is 0 Å². The summed E-state index contributed by atoms with van der Waals surface area (Å²) >= 11 is 1.65. The highest BCUT2D eigenvalue weighted by Gasteiger charge is 1.99. The van der Waals surface area contributed by atoms with Crippen LogP contribution < -0.4 is 5.56 Å². The number of H-pyrrole nitrogens is 1. The second-order valence-corrected chi connectivity index (χ2v) is 4.92. The van der Waals surface area contributed by atoms with Gasteiger partial charge < -0.3 is 0 Å². The first-order chi connectivity index (χ1) is 9.31. The fraction of sp³-hybridized carbons (Fsp3) is 0. The molecule has 19 heavy (non-hydrogen) atoms. The van der Waals surface area contributed by atoms with Crippen LogP contribution in [0.3, 0.4) is 0 Å². The molecule has 3 rings (SSSR count). The lowest BCUT2D eigenvalue weighted by Crippen LogP contribution is -2.05. The Labute approximate surface area is 112 Å². The molecule has 94 valence electrons. The highest BCUT2D eigenvalue weighted by molar-refractivity contribution is 7.15. The minimum absolute atomic E-state index is 0.198. The molecule has 0 aromatic carbocycles. The Balaban J connectivity index is 1.80. The third-order valence-corrected chi connectivity index (χ3v) is 3.55. The van der Waals surface area contributed by atoms with Crippen molar-refractivity contribution in [2.75, 3.05) is 0 Å². The van der Waals surface area contributed by atoms with E-state index in [1.807, 2.05) is 35.0 Å². The first-order valence-corrected chi connectivity index (χ1v) is 6.45. The van der Waals surface area contributed by atoms with Crippen LogP contribution in [-0.2, 0) is 0 Å².